The minimum Gasteiger partial charge on any atom is -0.492 e. The van der Waals surface area contributed by atoms with E-state index in [-0.39, 0.29) is 5.91 Å². The molecule has 0 fully saturated rings. The molecule has 0 saturated carbocycles. The number of ether oxygens (including phenoxy) is 1. The molecule has 5 nitrogen and oxygen atoms in total. The maximum Gasteiger partial charge on any atom is 0.238 e. The molecule has 0 saturated heterocycles. The van der Waals surface area contributed by atoms with Crippen molar-refractivity contribution < 1.29 is 9.53 Å². The Morgan fingerprint density at radius 3 is 2.88 bits per heavy atom. The first-order valence-electron chi connectivity index (χ1n) is 5.49. The molecule has 0 aliphatic heterocycles. The Bertz CT molecular complexity index is 367. The number of nitrogens with two attached hydrogens (primary N) is 1. The molecule has 0 spiro atoms. The summed E-state index contributed by atoms with van der Waals surface area (Å²) in [6, 6.07) is 7.26. The number of hydrogen-bond donors (Lipinski definition) is 2. The van der Waals surface area contributed by atoms with Crippen LogP contribution in [0.15, 0.2) is 24.3 Å². The number of carbonyl (C=O) groups excluding carboxylic acids is 1. The minimum atomic E-state index is -0.0500. The highest BCUT2D eigenvalue weighted by molar-refractivity contribution is 5.92. The molecule has 17 heavy (non-hydrogen) atoms. The Morgan fingerprint density at radius 1 is 1.47 bits per heavy atom. The summed E-state index contributed by atoms with van der Waals surface area (Å²) in [4.78, 5) is 13.3. The maximum absolute atomic E-state index is 11.5. The van der Waals surface area contributed by atoms with E-state index in [9.17, 15) is 4.79 Å². The number of rotatable bonds is 6. The second-order valence-corrected chi connectivity index (χ2v) is 3.95. The molecule has 1 amide bonds. The fraction of sp³-hybridized carbons (Fsp3) is 0.417. The van der Waals surface area contributed by atoms with E-state index in [1.54, 1.807) is 6.07 Å². The summed E-state index contributed by atoms with van der Waals surface area (Å²) in [7, 11) is 3.70. The molecule has 1 rings (SSSR count). The first-order chi connectivity index (χ1) is 8.11. The Labute approximate surface area is 102 Å². The highest BCUT2D eigenvalue weighted by atomic mass is 16.5. The van der Waals surface area contributed by atoms with Gasteiger partial charge < -0.3 is 20.7 Å². The van der Waals surface area contributed by atoms with Gasteiger partial charge in [0.25, 0.3) is 0 Å². The van der Waals surface area contributed by atoms with Crippen molar-refractivity contribution in [3.8, 4) is 5.75 Å². The molecule has 0 radical (unpaired) electrons. The summed E-state index contributed by atoms with van der Waals surface area (Å²) in [5, 5.41) is 2.80. The second-order valence-electron chi connectivity index (χ2n) is 3.95. The average molecular weight is 237 g/mol. The largest absolute Gasteiger partial charge is 0.492 e. The van der Waals surface area contributed by atoms with Gasteiger partial charge in [0.2, 0.25) is 5.91 Å². The van der Waals surface area contributed by atoms with Crippen molar-refractivity contribution in [1.29, 1.82) is 0 Å². The number of likely N-dealkylation sites (N-methyl/N-ethyl adjacent to an activating group) is 1. The predicted octanol–water partition coefficient (Wildman–Crippen LogP) is 0.524. The molecule has 0 aromatic heterocycles. The van der Waals surface area contributed by atoms with E-state index in [0.717, 1.165) is 5.69 Å². The lowest BCUT2D eigenvalue weighted by molar-refractivity contribution is -0.116. The van der Waals surface area contributed by atoms with Crippen molar-refractivity contribution in [2.75, 3.05) is 39.1 Å². The third-order valence-corrected chi connectivity index (χ3v) is 1.96. The highest BCUT2D eigenvalue weighted by Gasteiger charge is 2.04. The first kappa shape index (κ1) is 13.5. The first-order valence-corrected chi connectivity index (χ1v) is 5.49. The standard InChI is InChI=1S/C12H19N3O2/c1-15(2)9-12(16)14-10-4-3-5-11(8-10)17-7-6-13/h3-5,8H,6-7,9,13H2,1-2H3,(H,14,16). The number of anilines is 1. The molecular weight excluding hydrogens is 218 g/mol. The molecule has 0 aliphatic carbocycles. The molecule has 5 heteroatoms. The van der Waals surface area contributed by atoms with E-state index in [0.29, 0.717) is 25.4 Å². The highest BCUT2D eigenvalue weighted by Crippen LogP contribution is 2.17. The molecular formula is C12H19N3O2. The Morgan fingerprint density at radius 2 is 2.24 bits per heavy atom. The van der Waals surface area contributed by atoms with Crippen LogP contribution in [-0.4, -0.2) is 44.6 Å². The molecule has 0 heterocycles. The van der Waals surface area contributed by atoms with Crippen molar-refractivity contribution >= 4 is 11.6 Å². The lowest BCUT2D eigenvalue weighted by Gasteiger charge is -2.11. The van der Waals surface area contributed by atoms with E-state index in [1.807, 2.05) is 37.2 Å². The quantitative estimate of drug-likeness (QED) is 0.757. The van der Waals surface area contributed by atoms with Crippen LogP contribution in [-0.2, 0) is 4.79 Å². The summed E-state index contributed by atoms with van der Waals surface area (Å²) in [6.45, 7) is 1.29. The van der Waals surface area contributed by atoms with Crippen LogP contribution in [0.4, 0.5) is 5.69 Å². The molecule has 1 aromatic rings. The monoisotopic (exact) mass is 237 g/mol. The molecule has 0 atom stereocenters. The van der Waals surface area contributed by atoms with E-state index in [2.05, 4.69) is 5.32 Å². The summed E-state index contributed by atoms with van der Waals surface area (Å²) in [6.07, 6.45) is 0. The van der Waals surface area contributed by atoms with Crippen molar-refractivity contribution in [1.82, 2.24) is 4.90 Å². The fourth-order valence-corrected chi connectivity index (χ4v) is 1.33. The number of nitrogens with one attached hydrogen (secondary N) is 1. The van der Waals surface area contributed by atoms with Gasteiger partial charge in [0, 0.05) is 18.3 Å². The van der Waals surface area contributed by atoms with Gasteiger partial charge in [0.15, 0.2) is 0 Å². The van der Waals surface area contributed by atoms with Crippen molar-refractivity contribution in [3.05, 3.63) is 24.3 Å². The lowest BCUT2D eigenvalue weighted by Crippen LogP contribution is -2.27. The van der Waals surface area contributed by atoms with Crippen LogP contribution in [0.3, 0.4) is 0 Å². The third kappa shape index (κ3) is 5.33. The van der Waals surface area contributed by atoms with E-state index in [1.165, 1.54) is 0 Å². The molecule has 94 valence electrons. The summed E-state index contributed by atoms with van der Waals surface area (Å²) >= 11 is 0. The molecule has 1 aromatic carbocycles. The number of nitrogens with zero attached hydrogens (tertiary/aromatic N) is 1. The predicted molar refractivity (Wildman–Crippen MR) is 68.2 cm³/mol. The van der Waals surface area contributed by atoms with Gasteiger partial charge in [-0.25, -0.2) is 0 Å². The zero-order valence-corrected chi connectivity index (χ0v) is 10.3. The maximum atomic E-state index is 11.5. The van der Waals surface area contributed by atoms with Crippen LogP contribution in [0.25, 0.3) is 0 Å². The van der Waals surface area contributed by atoms with Gasteiger partial charge in [0.05, 0.1) is 6.54 Å². The van der Waals surface area contributed by atoms with Gasteiger partial charge in [-0.05, 0) is 26.2 Å². The number of amides is 1. The number of carbonyl (C=O) groups is 1. The van der Waals surface area contributed by atoms with Crippen LogP contribution in [0, 0.1) is 0 Å². The normalized spacial score (nSPS) is 10.4. The van der Waals surface area contributed by atoms with Gasteiger partial charge in [0.1, 0.15) is 12.4 Å². The van der Waals surface area contributed by atoms with Gasteiger partial charge >= 0.3 is 0 Å². The number of hydrogen-bond acceptors (Lipinski definition) is 4. The average Bonchev–Trinajstić information content (AvgIpc) is 2.25. The topological polar surface area (TPSA) is 67.6 Å². The SMILES string of the molecule is CN(C)CC(=O)Nc1cccc(OCCN)c1. The van der Waals surface area contributed by atoms with Gasteiger partial charge in [-0.15, -0.1) is 0 Å². The van der Waals surface area contributed by atoms with Crippen LogP contribution >= 0.6 is 0 Å². The van der Waals surface area contributed by atoms with Crippen LogP contribution in [0.2, 0.25) is 0 Å². The zero-order valence-electron chi connectivity index (χ0n) is 10.3. The number of benzene rings is 1. The molecule has 0 bridgehead atoms. The molecule has 0 aliphatic rings. The Hall–Kier alpha value is -1.59. The van der Waals surface area contributed by atoms with E-state index in [4.69, 9.17) is 10.5 Å². The van der Waals surface area contributed by atoms with Crippen LogP contribution < -0.4 is 15.8 Å². The summed E-state index contributed by atoms with van der Waals surface area (Å²) in [5.41, 5.74) is 6.08. The summed E-state index contributed by atoms with van der Waals surface area (Å²) in [5.74, 6) is 0.657. The van der Waals surface area contributed by atoms with Crippen molar-refractivity contribution in [2.24, 2.45) is 5.73 Å². The fourth-order valence-electron chi connectivity index (χ4n) is 1.33. The van der Waals surface area contributed by atoms with Crippen LogP contribution in [0.1, 0.15) is 0 Å². The Balaban J connectivity index is 2.56. The van der Waals surface area contributed by atoms with Gasteiger partial charge in [-0.1, -0.05) is 6.07 Å². The van der Waals surface area contributed by atoms with Crippen LogP contribution in [0.5, 0.6) is 5.75 Å². The second kappa shape index (κ2) is 6.88. The summed E-state index contributed by atoms with van der Waals surface area (Å²) < 4.78 is 5.37. The van der Waals surface area contributed by atoms with Gasteiger partial charge in [-0.3, -0.25) is 4.79 Å². The molecule has 0 unspecified atom stereocenters. The Kier molecular flexibility index (Phi) is 5.45. The zero-order chi connectivity index (χ0) is 12.7. The minimum absolute atomic E-state index is 0.0500. The van der Waals surface area contributed by atoms with E-state index < -0.39 is 0 Å². The van der Waals surface area contributed by atoms with Gasteiger partial charge in [-0.2, -0.15) is 0 Å². The van der Waals surface area contributed by atoms with Crippen molar-refractivity contribution in [3.63, 3.8) is 0 Å². The smallest absolute Gasteiger partial charge is 0.238 e. The van der Waals surface area contributed by atoms with Crippen molar-refractivity contribution in [2.45, 2.75) is 0 Å². The third-order valence-electron chi connectivity index (χ3n) is 1.96. The lowest BCUT2D eigenvalue weighted by atomic mass is 10.3. The van der Waals surface area contributed by atoms with E-state index >= 15 is 0 Å². The molecule has 3 N–H and O–H groups in total.